The number of rotatable bonds is 4. The molecule has 0 aliphatic carbocycles. The molecule has 5 N–H and O–H groups in total. The summed E-state index contributed by atoms with van der Waals surface area (Å²) in [7, 11) is 0. The maximum atomic E-state index is 12.7. The highest BCUT2D eigenvalue weighted by Gasteiger charge is 2.37. The van der Waals surface area contributed by atoms with Crippen molar-refractivity contribution in [2.45, 2.75) is 44.7 Å². The Morgan fingerprint density at radius 2 is 2.07 bits per heavy atom. The van der Waals surface area contributed by atoms with Gasteiger partial charge in [0, 0.05) is 38.0 Å². The monoisotopic (exact) mass is 386 g/mol. The smallest absolute Gasteiger partial charge is 0.318 e. The van der Waals surface area contributed by atoms with Crippen molar-refractivity contribution < 1.29 is 9.53 Å². The lowest BCUT2D eigenvalue weighted by molar-refractivity contribution is 0.00219. The van der Waals surface area contributed by atoms with Crippen LogP contribution in [0.4, 0.5) is 4.79 Å². The Kier molecular flexibility index (Phi) is 5.82. The molecule has 0 aromatic heterocycles. The van der Waals surface area contributed by atoms with Crippen LogP contribution in [0, 0.1) is 0 Å². The number of nitrogens with zero attached hydrogens (tertiary/aromatic N) is 2. The van der Waals surface area contributed by atoms with Crippen molar-refractivity contribution in [3.05, 3.63) is 47.2 Å². The fourth-order valence-electron chi connectivity index (χ4n) is 4.16. The highest BCUT2D eigenvalue weighted by molar-refractivity contribution is 5.76. The number of ether oxygens (including phenoxy) is 1. The molecule has 3 aliphatic heterocycles. The van der Waals surface area contributed by atoms with E-state index in [0.29, 0.717) is 19.1 Å². The third kappa shape index (κ3) is 4.00. The summed E-state index contributed by atoms with van der Waals surface area (Å²) in [6.07, 6.45) is 1.75. The third-order valence-electron chi connectivity index (χ3n) is 5.94. The summed E-state index contributed by atoms with van der Waals surface area (Å²) in [5, 5.41) is 11.9. The van der Waals surface area contributed by atoms with Crippen molar-refractivity contribution in [3.8, 4) is 0 Å². The molecule has 8 heteroatoms. The second-order valence-corrected chi connectivity index (χ2v) is 7.67. The Morgan fingerprint density at radius 1 is 1.32 bits per heavy atom. The van der Waals surface area contributed by atoms with E-state index < -0.39 is 0 Å². The number of carbonyl (C=O) groups is 1. The van der Waals surface area contributed by atoms with Crippen molar-refractivity contribution in [3.63, 3.8) is 0 Å². The molecule has 1 fully saturated rings. The molecule has 0 saturated carbocycles. The first kappa shape index (κ1) is 19.2. The number of amides is 2. The average molecular weight is 387 g/mol. The van der Waals surface area contributed by atoms with Crippen molar-refractivity contribution in [1.82, 2.24) is 25.9 Å². The summed E-state index contributed by atoms with van der Waals surface area (Å²) >= 11 is 0. The van der Waals surface area contributed by atoms with E-state index >= 15 is 0 Å². The van der Waals surface area contributed by atoms with Crippen LogP contribution in [0.2, 0.25) is 0 Å². The van der Waals surface area contributed by atoms with Crippen LogP contribution in [0.5, 0.6) is 0 Å². The predicted octanol–water partition coefficient (Wildman–Crippen LogP) is 0.686. The van der Waals surface area contributed by atoms with Gasteiger partial charge in [0.05, 0.1) is 12.6 Å². The van der Waals surface area contributed by atoms with Gasteiger partial charge in [0.25, 0.3) is 0 Å². The molecule has 2 atom stereocenters. The minimum Gasteiger partial charge on any atom is -0.381 e. The molecule has 152 valence electrons. The minimum atomic E-state index is -0.124. The summed E-state index contributed by atoms with van der Waals surface area (Å²) in [5.41, 5.74) is 3.43. The van der Waals surface area contributed by atoms with Gasteiger partial charge in [-0.25, -0.2) is 9.80 Å². The second-order valence-electron chi connectivity index (χ2n) is 7.67. The third-order valence-corrected chi connectivity index (χ3v) is 5.94. The SMILES string of the molecule is C[C@@H]1C2=C(CN1C(=O)NCc1ccccc1)NC(N(N)C1CCOCC1)NC2. The molecule has 1 aromatic rings. The van der Waals surface area contributed by atoms with E-state index in [9.17, 15) is 4.79 Å². The average Bonchev–Trinajstić information content (AvgIpc) is 3.09. The maximum absolute atomic E-state index is 12.7. The first-order valence-corrected chi connectivity index (χ1v) is 10.0. The van der Waals surface area contributed by atoms with E-state index in [4.69, 9.17) is 10.6 Å². The van der Waals surface area contributed by atoms with E-state index in [1.165, 1.54) is 5.57 Å². The number of hydrogen-bond donors (Lipinski definition) is 4. The molecule has 0 bridgehead atoms. The van der Waals surface area contributed by atoms with Crippen molar-refractivity contribution in [2.75, 3.05) is 26.3 Å². The van der Waals surface area contributed by atoms with E-state index in [2.05, 4.69) is 22.9 Å². The molecule has 8 nitrogen and oxygen atoms in total. The number of hydrazine groups is 1. The van der Waals surface area contributed by atoms with Gasteiger partial charge in [0.15, 0.2) is 0 Å². The van der Waals surface area contributed by atoms with E-state index in [1.54, 1.807) is 0 Å². The van der Waals surface area contributed by atoms with Crippen LogP contribution >= 0.6 is 0 Å². The Bertz CT molecular complexity index is 719. The van der Waals surface area contributed by atoms with Crippen molar-refractivity contribution in [1.29, 1.82) is 0 Å². The molecule has 2 amide bonds. The molecule has 28 heavy (non-hydrogen) atoms. The predicted molar refractivity (Wildman–Crippen MR) is 107 cm³/mol. The van der Waals surface area contributed by atoms with Gasteiger partial charge in [-0.05, 0) is 30.9 Å². The first-order chi connectivity index (χ1) is 13.6. The van der Waals surface area contributed by atoms with Gasteiger partial charge in [0.1, 0.15) is 6.29 Å². The van der Waals surface area contributed by atoms with E-state index in [1.807, 2.05) is 40.2 Å². The number of urea groups is 1. The fourth-order valence-corrected chi connectivity index (χ4v) is 4.16. The van der Waals surface area contributed by atoms with Crippen molar-refractivity contribution in [2.24, 2.45) is 5.84 Å². The molecule has 4 rings (SSSR count). The standard InChI is InChI=1S/C20H30N6O2/c1-14-17-12-22-19(26(21)16-7-9-28-10-8-16)24-18(17)13-25(14)20(27)23-11-15-5-3-2-4-6-15/h2-6,14,16,19,22,24H,7-13,21H2,1H3,(H,23,27)/t14-,19?/m1/s1. The van der Waals surface area contributed by atoms with Gasteiger partial charge < -0.3 is 20.3 Å². The number of carbonyl (C=O) groups excluding carboxylic acids is 1. The first-order valence-electron chi connectivity index (χ1n) is 10.0. The second kappa shape index (κ2) is 8.48. The minimum absolute atomic E-state index is 0.0434. The van der Waals surface area contributed by atoms with Crippen molar-refractivity contribution >= 4 is 6.03 Å². The molecule has 1 unspecified atom stereocenters. The number of nitrogens with two attached hydrogens (primary N) is 1. The van der Waals surface area contributed by atoms with Gasteiger partial charge in [-0.3, -0.25) is 11.2 Å². The number of hydrogen-bond acceptors (Lipinski definition) is 6. The Morgan fingerprint density at radius 3 is 2.82 bits per heavy atom. The van der Waals surface area contributed by atoms with Gasteiger partial charge in [0.2, 0.25) is 0 Å². The molecular weight excluding hydrogens is 356 g/mol. The van der Waals surface area contributed by atoms with Gasteiger partial charge >= 0.3 is 6.03 Å². The van der Waals surface area contributed by atoms with E-state index in [0.717, 1.165) is 43.9 Å². The zero-order valence-electron chi connectivity index (χ0n) is 16.4. The van der Waals surface area contributed by atoms with E-state index in [-0.39, 0.29) is 18.4 Å². The summed E-state index contributed by atoms with van der Waals surface area (Å²) < 4.78 is 5.43. The topological polar surface area (TPSA) is 94.9 Å². The highest BCUT2D eigenvalue weighted by atomic mass is 16.5. The molecule has 3 heterocycles. The number of benzene rings is 1. The van der Waals surface area contributed by atoms with Gasteiger partial charge in [-0.2, -0.15) is 0 Å². The zero-order chi connectivity index (χ0) is 19.5. The van der Waals surface area contributed by atoms with Crippen LogP contribution in [-0.4, -0.2) is 60.6 Å². The Labute approximate surface area is 166 Å². The quantitative estimate of drug-likeness (QED) is 0.449. The summed E-state index contributed by atoms with van der Waals surface area (Å²) in [6, 6.07) is 10.3. The van der Waals surface area contributed by atoms with Crippen LogP contribution in [0.3, 0.4) is 0 Å². The molecular formula is C20H30N6O2. The summed E-state index contributed by atoms with van der Waals surface area (Å²) in [5.74, 6) is 6.38. The molecule has 3 aliphatic rings. The van der Waals surface area contributed by atoms with Crippen LogP contribution in [0.15, 0.2) is 41.6 Å². The van der Waals surface area contributed by atoms with Crippen LogP contribution in [0.1, 0.15) is 25.3 Å². The largest absolute Gasteiger partial charge is 0.381 e. The molecule has 0 spiro atoms. The highest BCUT2D eigenvalue weighted by Crippen LogP contribution is 2.26. The lowest BCUT2D eigenvalue weighted by atomic mass is 10.1. The molecule has 0 radical (unpaired) electrons. The fraction of sp³-hybridized carbons (Fsp3) is 0.550. The summed E-state index contributed by atoms with van der Waals surface area (Å²) in [4.78, 5) is 14.6. The Hall–Kier alpha value is -2.13. The Balaban J connectivity index is 1.33. The van der Waals surface area contributed by atoms with Crippen LogP contribution < -0.4 is 21.8 Å². The lowest BCUT2D eigenvalue weighted by Crippen LogP contribution is -2.64. The number of nitrogens with one attached hydrogen (secondary N) is 3. The van der Waals surface area contributed by atoms with Gasteiger partial charge in [-0.1, -0.05) is 30.3 Å². The normalized spacial score (nSPS) is 25.6. The summed E-state index contributed by atoms with van der Waals surface area (Å²) in [6.45, 7) is 5.43. The lowest BCUT2D eigenvalue weighted by Gasteiger charge is -2.39. The molecule has 1 saturated heterocycles. The zero-order valence-corrected chi connectivity index (χ0v) is 16.4. The van der Waals surface area contributed by atoms with Crippen LogP contribution in [0.25, 0.3) is 0 Å². The molecule has 1 aromatic carbocycles. The maximum Gasteiger partial charge on any atom is 0.318 e. The van der Waals surface area contributed by atoms with Gasteiger partial charge in [-0.15, -0.1) is 0 Å². The van der Waals surface area contributed by atoms with Crippen LogP contribution in [-0.2, 0) is 11.3 Å².